The van der Waals surface area contributed by atoms with Gasteiger partial charge in [0.15, 0.2) is 0 Å². The molecule has 0 aliphatic heterocycles. The first-order valence-corrected chi connectivity index (χ1v) is 7.85. The summed E-state index contributed by atoms with van der Waals surface area (Å²) in [7, 11) is 0. The van der Waals surface area contributed by atoms with E-state index < -0.39 is 0 Å². The lowest BCUT2D eigenvalue weighted by atomic mass is 10.0. The van der Waals surface area contributed by atoms with Gasteiger partial charge in [-0.15, -0.1) is 11.3 Å². The first-order chi connectivity index (χ1) is 9.76. The lowest BCUT2D eigenvalue weighted by Gasteiger charge is -2.09. The summed E-state index contributed by atoms with van der Waals surface area (Å²) in [6, 6.07) is 9.09. The second-order valence-electron chi connectivity index (χ2n) is 5.18. The van der Waals surface area contributed by atoms with Crippen LogP contribution in [0.2, 0.25) is 0 Å². The highest BCUT2D eigenvalue weighted by Crippen LogP contribution is 2.20. The van der Waals surface area contributed by atoms with Crippen LogP contribution in [0.15, 0.2) is 42.2 Å². The van der Waals surface area contributed by atoms with Crippen LogP contribution in [0.3, 0.4) is 0 Å². The normalized spacial score (nSPS) is 12.9. The van der Waals surface area contributed by atoms with E-state index in [2.05, 4.69) is 46.9 Å². The van der Waals surface area contributed by atoms with Crippen molar-refractivity contribution >= 4 is 22.2 Å². The summed E-state index contributed by atoms with van der Waals surface area (Å²) in [5, 5.41) is 1.29. The molecule has 0 aliphatic carbocycles. The van der Waals surface area contributed by atoms with Gasteiger partial charge in [0.2, 0.25) is 0 Å². The molecule has 0 saturated heterocycles. The van der Waals surface area contributed by atoms with Crippen LogP contribution in [0.4, 0.5) is 0 Å². The second-order valence-corrected chi connectivity index (χ2v) is 6.15. The van der Waals surface area contributed by atoms with Gasteiger partial charge in [-0.25, -0.2) is 0 Å². The van der Waals surface area contributed by atoms with E-state index in [0.717, 1.165) is 19.4 Å². The molecule has 0 spiro atoms. The number of rotatable bonds is 5. The summed E-state index contributed by atoms with van der Waals surface area (Å²) >= 11 is 1.70. The lowest BCUT2D eigenvalue weighted by molar-refractivity contribution is 0.647. The highest BCUT2D eigenvalue weighted by Gasteiger charge is 2.06. The highest BCUT2D eigenvalue weighted by molar-refractivity contribution is 7.09. The summed E-state index contributed by atoms with van der Waals surface area (Å²) in [6.45, 7) is 3.02. The maximum absolute atomic E-state index is 6.03. The zero-order valence-electron chi connectivity index (χ0n) is 11.6. The summed E-state index contributed by atoms with van der Waals surface area (Å²) in [5.41, 5.74) is 10.5. The quantitative estimate of drug-likeness (QED) is 0.780. The Morgan fingerprint density at radius 1 is 1.35 bits per heavy atom. The van der Waals surface area contributed by atoms with Gasteiger partial charge in [-0.2, -0.15) is 0 Å². The van der Waals surface area contributed by atoms with Crippen molar-refractivity contribution in [1.82, 2.24) is 9.55 Å². The molecular formula is C16H19N3S. The fourth-order valence-corrected chi connectivity index (χ4v) is 3.04. The van der Waals surface area contributed by atoms with Crippen molar-refractivity contribution in [2.75, 3.05) is 0 Å². The number of benzene rings is 1. The molecule has 4 heteroatoms. The predicted octanol–water partition coefficient (Wildman–Crippen LogP) is 3.43. The Bertz CT molecular complexity index is 685. The molecule has 0 saturated carbocycles. The van der Waals surface area contributed by atoms with Crippen molar-refractivity contribution in [3.05, 3.63) is 52.6 Å². The minimum absolute atomic E-state index is 0.256. The second kappa shape index (κ2) is 5.77. The molecule has 1 aromatic carbocycles. The van der Waals surface area contributed by atoms with Crippen molar-refractivity contribution in [3.63, 3.8) is 0 Å². The van der Waals surface area contributed by atoms with E-state index in [1.54, 1.807) is 11.3 Å². The average molecular weight is 285 g/mol. The number of fused-ring (bicyclic) bond motifs is 1. The van der Waals surface area contributed by atoms with Crippen molar-refractivity contribution in [1.29, 1.82) is 0 Å². The van der Waals surface area contributed by atoms with Gasteiger partial charge < -0.3 is 10.3 Å². The van der Waals surface area contributed by atoms with Crippen LogP contribution in [0.5, 0.6) is 0 Å². The smallest absolute Gasteiger partial charge is 0.0794 e. The molecule has 2 heterocycles. The summed E-state index contributed by atoms with van der Waals surface area (Å²) < 4.78 is 2.27. The van der Waals surface area contributed by atoms with E-state index in [-0.39, 0.29) is 6.04 Å². The first-order valence-electron chi connectivity index (χ1n) is 6.97. The molecule has 3 nitrogen and oxygen atoms in total. The Labute approximate surface area is 123 Å². The molecule has 0 fully saturated rings. The number of nitrogens with two attached hydrogens (primary N) is 1. The van der Waals surface area contributed by atoms with Gasteiger partial charge >= 0.3 is 0 Å². The zero-order valence-corrected chi connectivity index (χ0v) is 12.4. The summed E-state index contributed by atoms with van der Waals surface area (Å²) in [6.07, 6.45) is 6.05. The maximum atomic E-state index is 6.03. The van der Waals surface area contributed by atoms with E-state index in [9.17, 15) is 0 Å². The molecule has 1 atom stereocenters. The van der Waals surface area contributed by atoms with Gasteiger partial charge in [-0.05, 0) is 42.0 Å². The molecule has 20 heavy (non-hydrogen) atoms. The molecule has 104 valence electrons. The molecule has 2 N–H and O–H groups in total. The van der Waals surface area contributed by atoms with Gasteiger partial charge in [0.1, 0.15) is 0 Å². The number of nitrogens with zero attached hydrogens (tertiary/aromatic N) is 2. The third-order valence-corrected chi connectivity index (χ3v) is 4.43. The van der Waals surface area contributed by atoms with Crippen molar-refractivity contribution in [2.24, 2.45) is 5.73 Å². The highest BCUT2D eigenvalue weighted by atomic mass is 32.1. The number of thiazole rings is 1. The van der Waals surface area contributed by atoms with Crippen LogP contribution in [0.25, 0.3) is 10.9 Å². The minimum Gasteiger partial charge on any atom is -0.342 e. The Kier molecular flexibility index (Phi) is 3.85. The standard InChI is InChI=1S/C16H19N3S/c1-2-14(17)8-12-3-4-16-13(7-12)5-6-19(16)10-15-9-18-11-20-15/h3-7,9,11,14H,2,8,10,17H2,1H3. The molecule has 0 aliphatic rings. The van der Waals surface area contributed by atoms with Crippen molar-refractivity contribution in [3.8, 4) is 0 Å². The van der Waals surface area contributed by atoms with Crippen LogP contribution in [0.1, 0.15) is 23.8 Å². The minimum atomic E-state index is 0.256. The van der Waals surface area contributed by atoms with Crippen LogP contribution >= 0.6 is 11.3 Å². The molecule has 1 unspecified atom stereocenters. The fourth-order valence-electron chi connectivity index (χ4n) is 2.45. The third kappa shape index (κ3) is 2.76. The third-order valence-electron chi connectivity index (χ3n) is 3.67. The van der Waals surface area contributed by atoms with Gasteiger partial charge in [0, 0.05) is 28.8 Å². The van der Waals surface area contributed by atoms with Gasteiger partial charge in [-0.3, -0.25) is 4.98 Å². The van der Waals surface area contributed by atoms with E-state index in [1.165, 1.54) is 21.3 Å². The van der Waals surface area contributed by atoms with E-state index >= 15 is 0 Å². The number of hydrogen-bond acceptors (Lipinski definition) is 3. The molecule has 0 radical (unpaired) electrons. The van der Waals surface area contributed by atoms with E-state index in [4.69, 9.17) is 5.73 Å². The SMILES string of the molecule is CCC(N)Cc1ccc2c(ccn2Cc2cncs2)c1. The Morgan fingerprint density at radius 2 is 2.25 bits per heavy atom. The first kappa shape index (κ1) is 13.3. The van der Waals surface area contributed by atoms with Crippen LogP contribution in [-0.2, 0) is 13.0 Å². The maximum Gasteiger partial charge on any atom is 0.0794 e. The molecular weight excluding hydrogens is 266 g/mol. The molecule has 2 aromatic heterocycles. The van der Waals surface area contributed by atoms with E-state index in [0.29, 0.717) is 0 Å². The van der Waals surface area contributed by atoms with Crippen LogP contribution in [0, 0.1) is 0 Å². The van der Waals surface area contributed by atoms with Gasteiger partial charge in [0.25, 0.3) is 0 Å². The topological polar surface area (TPSA) is 43.8 Å². The predicted molar refractivity (Wildman–Crippen MR) is 85.1 cm³/mol. The largest absolute Gasteiger partial charge is 0.342 e. The van der Waals surface area contributed by atoms with Gasteiger partial charge in [-0.1, -0.05) is 13.0 Å². The Hall–Kier alpha value is -1.65. The van der Waals surface area contributed by atoms with E-state index in [1.807, 2.05) is 11.7 Å². The average Bonchev–Trinajstić information content (AvgIpc) is 3.09. The Balaban J connectivity index is 1.86. The number of aromatic nitrogens is 2. The molecule has 3 rings (SSSR count). The summed E-state index contributed by atoms with van der Waals surface area (Å²) in [5.74, 6) is 0. The van der Waals surface area contributed by atoms with Crippen molar-refractivity contribution in [2.45, 2.75) is 32.4 Å². The Morgan fingerprint density at radius 3 is 3.00 bits per heavy atom. The summed E-state index contributed by atoms with van der Waals surface area (Å²) in [4.78, 5) is 5.41. The van der Waals surface area contributed by atoms with Gasteiger partial charge in [0.05, 0.1) is 12.1 Å². The van der Waals surface area contributed by atoms with Crippen molar-refractivity contribution < 1.29 is 0 Å². The lowest BCUT2D eigenvalue weighted by Crippen LogP contribution is -2.21. The molecule has 0 bridgehead atoms. The zero-order chi connectivity index (χ0) is 13.9. The van der Waals surface area contributed by atoms with Crippen LogP contribution in [-0.4, -0.2) is 15.6 Å². The number of hydrogen-bond donors (Lipinski definition) is 1. The molecule has 0 amide bonds. The fraction of sp³-hybridized carbons (Fsp3) is 0.312. The molecule has 3 aromatic rings. The van der Waals surface area contributed by atoms with Crippen LogP contribution < -0.4 is 5.73 Å². The monoisotopic (exact) mass is 285 g/mol.